The predicted molar refractivity (Wildman–Crippen MR) is 131 cm³/mol. The molecule has 0 bridgehead atoms. The van der Waals surface area contributed by atoms with Gasteiger partial charge >= 0.3 is 10.3 Å². The van der Waals surface area contributed by atoms with Crippen LogP contribution in [-0.2, 0) is 21.5 Å². The summed E-state index contributed by atoms with van der Waals surface area (Å²) in [4.78, 5) is 18.1. The van der Waals surface area contributed by atoms with Gasteiger partial charge in [-0.25, -0.2) is 9.29 Å². The second-order valence-electron chi connectivity index (χ2n) is 7.33. The van der Waals surface area contributed by atoms with E-state index in [2.05, 4.69) is 10.3 Å². The number of anilines is 1. The molecule has 0 aliphatic carbocycles. The SMILES string of the molecule is O=C(Cc1cccc(Cl)c1)N[C@@H](CN(c1ccccc1)S(=O)(=O)O)c1coc(-c2cccs2)n1. The summed E-state index contributed by atoms with van der Waals surface area (Å²) in [6, 6.07) is 17.8. The number of hydrogen-bond donors (Lipinski definition) is 2. The number of aromatic nitrogens is 1. The quantitative estimate of drug-likeness (QED) is 0.309. The number of halogens is 1. The molecular formula is C23H20ClN3O5S2. The molecule has 34 heavy (non-hydrogen) atoms. The predicted octanol–water partition coefficient (Wildman–Crippen LogP) is 4.77. The molecule has 0 aliphatic heterocycles. The summed E-state index contributed by atoms with van der Waals surface area (Å²) in [5.74, 6) is -0.0338. The molecule has 1 amide bonds. The maximum absolute atomic E-state index is 12.9. The molecular weight excluding hydrogens is 498 g/mol. The molecule has 0 radical (unpaired) electrons. The smallest absolute Gasteiger partial charge is 0.360 e. The molecule has 11 heteroatoms. The maximum atomic E-state index is 12.9. The Morgan fingerprint density at radius 1 is 1.15 bits per heavy atom. The lowest BCUT2D eigenvalue weighted by molar-refractivity contribution is -0.121. The molecule has 0 unspecified atom stereocenters. The first kappa shape index (κ1) is 24.0. The molecule has 2 aromatic carbocycles. The van der Waals surface area contributed by atoms with Crippen molar-refractivity contribution in [2.45, 2.75) is 12.5 Å². The highest BCUT2D eigenvalue weighted by Gasteiger charge is 2.28. The molecule has 2 heterocycles. The van der Waals surface area contributed by atoms with Gasteiger partial charge in [0.1, 0.15) is 12.0 Å². The van der Waals surface area contributed by atoms with E-state index in [9.17, 15) is 17.8 Å². The van der Waals surface area contributed by atoms with Gasteiger partial charge in [0.15, 0.2) is 0 Å². The Morgan fingerprint density at radius 2 is 1.94 bits per heavy atom. The first-order valence-electron chi connectivity index (χ1n) is 10.1. The summed E-state index contributed by atoms with van der Waals surface area (Å²) in [5.41, 5.74) is 1.24. The van der Waals surface area contributed by atoms with E-state index in [1.54, 1.807) is 54.6 Å². The van der Waals surface area contributed by atoms with Crippen molar-refractivity contribution in [3.05, 3.63) is 94.7 Å². The van der Waals surface area contributed by atoms with Gasteiger partial charge in [-0.1, -0.05) is 48.0 Å². The van der Waals surface area contributed by atoms with Crippen molar-refractivity contribution in [1.29, 1.82) is 0 Å². The van der Waals surface area contributed by atoms with E-state index in [1.807, 2.05) is 17.5 Å². The Kier molecular flexibility index (Phi) is 7.32. The molecule has 0 aliphatic rings. The van der Waals surface area contributed by atoms with E-state index in [1.165, 1.54) is 17.6 Å². The average Bonchev–Trinajstić information content (AvgIpc) is 3.48. The van der Waals surface area contributed by atoms with E-state index >= 15 is 0 Å². The van der Waals surface area contributed by atoms with Gasteiger partial charge in [0.25, 0.3) is 0 Å². The summed E-state index contributed by atoms with van der Waals surface area (Å²) in [7, 11) is -4.65. The molecule has 4 aromatic rings. The lowest BCUT2D eigenvalue weighted by Crippen LogP contribution is -2.41. The number of oxazole rings is 1. The lowest BCUT2D eigenvalue weighted by atomic mass is 10.1. The minimum Gasteiger partial charge on any atom is -0.443 e. The van der Waals surface area contributed by atoms with Crippen LogP contribution in [0.2, 0.25) is 5.02 Å². The Bertz CT molecular complexity index is 1360. The normalized spacial score (nSPS) is 12.3. The summed E-state index contributed by atoms with van der Waals surface area (Å²) in [6.45, 7) is -0.305. The number of amides is 1. The largest absolute Gasteiger partial charge is 0.443 e. The number of nitrogens with zero attached hydrogens (tertiary/aromatic N) is 2. The monoisotopic (exact) mass is 517 g/mol. The lowest BCUT2D eigenvalue weighted by Gasteiger charge is -2.26. The number of carbonyl (C=O) groups is 1. The first-order chi connectivity index (χ1) is 16.3. The van der Waals surface area contributed by atoms with Crippen LogP contribution in [0, 0.1) is 0 Å². The Balaban J connectivity index is 1.63. The third kappa shape index (κ3) is 6.03. The molecule has 2 N–H and O–H groups in total. The highest BCUT2D eigenvalue weighted by molar-refractivity contribution is 7.87. The number of thiophene rings is 1. The van der Waals surface area contributed by atoms with Gasteiger partial charge in [0, 0.05) is 5.02 Å². The standard InChI is InChI=1S/C23H20ClN3O5S2/c24-17-7-4-6-16(12-17)13-22(28)25-19(20-15-32-23(26-20)21-10-5-11-33-21)14-27(34(29,30)31)18-8-2-1-3-9-18/h1-12,15,19H,13-14H2,(H,25,28)(H,29,30,31)/t19-/m0/s1. The summed E-state index contributed by atoms with van der Waals surface area (Å²) in [6.07, 6.45) is 1.39. The van der Waals surface area contributed by atoms with Crippen LogP contribution in [0.5, 0.6) is 0 Å². The van der Waals surface area contributed by atoms with E-state index in [-0.39, 0.29) is 24.6 Å². The molecule has 4 rings (SSSR count). The van der Waals surface area contributed by atoms with Gasteiger partial charge in [0.2, 0.25) is 11.8 Å². The fourth-order valence-corrected chi connectivity index (χ4v) is 4.94. The molecule has 1 atom stereocenters. The number of rotatable bonds is 9. The van der Waals surface area contributed by atoms with Gasteiger partial charge in [-0.15, -0.1) is 11.3 Å². The molecule has 0 saturated heterocycles. The fourth-order valence-electron chi connectivity index (χ4n) is 3.34. The molecule has 0 spiro atoms. The van der Waals surface area contributed by atoms with Crippen LogP contribution in [-0.4, -0.2) is 30.4 Å². The van der Waals surface area contributed by atoms with Gasteiger partial charge in [-0.3, -0.25) is 9.35 Å². The zero-order chi connectivity index (χ0) is 24.1. The van der Waals surface area contributed by atoms with Gasteiger partial charge in [-0.05, 0) is 41.3 Å². The van der Waals surface area contributed by atoms with Crippen molar-refractivity contribution in [3.8, 4) is 10.8 Å². The van der Waals surface area contributed by atoms with Gasteiger partial charge < -0.3 is 9.73 Å². The minimum atomic E-state index is -4.65. The van der Waals surface area contributed by atoms with E-state index < -0.39 is 16.3 Å². The van der Waals surface area contributed by atoms with Crippen molar-refractivity contribution in [2.75, 3.05) is 10.8 Å². The van der Waals surface area contributed by atoms with E-state index in [0.29, 0.717) is 22.2 Å². The van der Waals surface area contributed by atoms with E-state index in [4.69, 9.17) is 16.0 Å². The highest BCUT2D eigenvalue weighted by Crippen LogP contribution is 2.27. The summed E-state index contributed by atoms with van der Waals surface area (Å²) in [5, 5.41) is 5.19. The summed E-state index contributed by atoms with van der Waals surface area (Å²) >= 11 is 7.44. The molecule has 176 valence electrons. The Hall–Kier alpha value is -3.18. The fraction of sp³-hybridized carbons (Fsp3) is 0.130. The molecule has 0 fully saturated rings. The Labute approximate surface area is 205 Å². The van der Waals surface area contributed by atoms with Gasteiger partial charge in [0.05, 0.1) is 29.6 Å². The Morgan fingerprint density at radius 3 is 2.62 bits per heavy atom. The van der Waals surface area contributed by atoms with Crippen LogP contribution in [0.4, 0.5) is 5.69 Å². The number of benzene rings is 2. The van der Waals surface area contributed by atoms with Crippen molar-refractivity contribution >= 4 is 44.8 Å². The number of para-hydroxylation sites is 1. The van der Waals surface area contributed by atoms with Gasteiger partial charge in [-0.2, -0.15) is 8.42 Å². The molecule has 2 aromatic heterocycles. The van der Waals surface area contributed by atoms with Crippen molar-refractivity contribution < 1.29 is 22.2 Å². The van der Waals surface area contributed by atoms with Crippen LogP contribution in [0.1, 0.15) is 17.3 Å². The average molecular weight is 518 g/mol. The maximum Gasteiger partial charge on any atom is 0.360 e. The van der Waals surface area contributed by atoms with Crippen LogP contribution in [0.3, 0.4) is 0 Å². The topological polar surface area (TPSA) is 113 Å². The third-order valence-corrected chi connectivity index (χ3v) is 6.88. The number of hydrogen-bond acceptors (Lipinski definition) is 6. The van der Waals surface area contributed by atoms with Crippen molar-refractivity contribution in [3.63, 3.8) is 0 Å². The second kappa shape index (κ2) is 10.4. The van der Waals surface area contributed by atoms with Crippen LogP contribution in [0.25, 0.3) is 10.8 Å². The molecule has 8 nitrogen and oxygen atoms in total. The van der Waals surface area contributed by atoms with Crippen LogP contribution >= 0.6 is 22.9 Å². The number of nitrogens with one attached hydrogen (secondary N) is 1. The zero-order valence-electron chi connectivity index (χ0n) is 17.7. The van der Waals surface area contributed by atoms with Crippen LogP contribution < -0.4 is 9.62 Å². The molecule has 0 saturated carbocycles. The van der Waals surface area contributed by atoms with Crippen molar-refractivity contribution in [2.24, 2.45) is 0 Å². The first-order valence-corrected chi connectivity index (χ1v) is 12.8. The van der Waals surface area contributed by atoms with E-state index in [0.717, 1.165) is 9.18 Å². The van der Waals surface area contributed by atoms with Crippen molar-refractivity contribution in [1.82, 2.24) is 10.3 Å². The van der Waals surface area contributed by atoms with Crippen LogP contribution in [0.15, 0.2) is 82.8 Å². The third-order valence-electron chi connectivity index (χ3n) is 4.87. The number of carbonyl (C=O) groups excluding carboxylic acids is 1. The highest BCUT2D eigenvalue weighted by atomic mass is 35.5. The zero-order valence-corrected chi connectivity index (χ0v) is 20.1. The second-order valence-corrected chi connectivity index (χ2v) is 10.0. The minimum absolute atomic E-state index is 0.0178. The summed E-state index contributed by atoms with van der Waals surface area (Å²) < 4.78 is 40.7.